The number of aromatic hydroxyl groups is 1. The van der Waals surface area contributed by atoms with E-state index in [4.69, 9.17) is 0 Å². The van der Waals surface area contributed by atoms with Crippen molar-refractivity contribution in [1.82, 2.24) is 4.90 Å². The van der Waals surface area contributed by atoms with E-state index in [1.807, 2.05) is 30.3 Å². The minimum absolute atomic E-state index is 0.148. The maximum absolute atomic E-state index is 12.3. The first-order valence-electron chi connectivity index (χ1n) is 5.74. The number of hydrogen-bond donors (Lipinski definition) is 1. The molecule has 0 unspecified atom stereocenters. The highest BCUT2D eigenvalue weighted by atomic mass is 19.3. The van der Waals surface area contributed by atoms with E-state index in [0.29, 0.717) is 12.1 Å². The van der Waals surface area contributed by atoms with Gasteiger partial charge in [-0.15, -0.1) is 0 Å². The Morgan fingerprint density at radius 2 is 1.89 bits per heavy atom. The molecule has 2 aromatic rings. The van der Waals surface area contributed by atoms with Gasteiger partial charge in [0.1, 0.15) is 5.75 Å². The molecule has 1 N–H and O–H groups in total. The molecule has 0 aliphatic heterocycles. The van der Waals surface area contributed by atoms with Crippen LogP contribution in [0.15, 0.2) is 36.4 Å². The monoisotopic (exact) mass is 251 g/mol. The molecule has 0 fully saturated rings. The van der Waals surface area contributed by atoms with Crippen LogP contribution in [0.3, 0.4) is 0 Å². The fourth-order valence-electron chi connectivity index (χ4n) is 2.06. The molecule has 0 radical (unpaired) electrons. The van der Waals surface area contributed by atoms with E-state index in [1.54, 1.807) is 13.1 Å². The number of halogens is 2. The van der Waals surface area contributed by atoms with Crippen molar-refractivity contribution >= 4 is 10.8 Å². The van der Waals surface area contributed by atoms with Crippen LogP contribution in [0.1, 0.15) is 5.56 Å². The summed E-state index contributed by atoms with van der Waals surface area (Å²) < 4.78 is 24.6. The molecule has 2 nitrogen and oxygen atoms in total. The van der Waals surface area contributed by atoms with Gasteiger partial charge >= 0.3 is 0 Å². The van der Waals surface area contributed by atoms with Crippen LogP contribution in [-0.4, -0.2) is 30.0 Å². The average molecular weight is 251 g/mol. The van der Waals surface area contributed by atoms with Crippen molar-refractivity contribution in [2.24, 2.45) is 0 Å². The summed E-state index contributed by atoms with van der Waals surface area (Å²) in [5, 5.41) is 11.8. The molecule has 0 aliphatic rings. The van der Waals surface area contributed by atoms with Crippen LogP contribution in [-0.2, 0) is 6.54 Å². The summed E-state index contributed by atoms with van der Waals surface area (Å²) in [6.07, 6.45) is -2.37. The molecule has 0 spiro atoms. The predicted molar refractivity (Wildman–Crippen MR) is 68.0 cm³/mol. The van der Waals surface area contributed by atoms with Gasteiger partial charge in [0.05, 0.1) is 6.54 Å². The van der Waals surface area contributed by atoms with Crippen LogP contribution in [0.5, 0.6) is 5.75 Å². The number of phenols is 1. The Morgan fingerprint density at radius 1 is 1.17 bits per heavy atom. The van der Waals surface area contributed by atoms with E-state index in [9.17, 15) is 13.9 Å². The fraction of sp³-hybridized carbons (Fsp3) is 0.286. The molecule has 0 atom stereocenters. The number of phenolic OH excluding ortho intramolecular Hbond substituents is 1. The van der Waals surface area contributed by atoms with E-state index in [-0.39, 0.29) is 12.3 Å². The molecule has 4 heteroatoms. The highest BCUT2D eigenvalue weighted by molar-refractivity contribution is 5.87. The summed E-state index contributed by atoms with van der Waals surface area (Å²) in [4.78, 5) is 1.51. The molecule has 0 aliphatic carbocycles. The zero-order valence-corrected chi connectivity index (χ0v) is 10.1. The molecular weight excluding hydrogens is 236 g/mol. The second kappa shape index (κ2) is 5.31. The number of fused-ring (bicyclic) bond motifs is 1. The van der Waals surface area contributed by atoms with Crippen molar-refractivity contribution in [3.8, 4) is 5.75 Å². The Bertz CT molecular complexity index is 542. The molecule has 0 heterocycles. The molecule has 96 valence electrons. The van der Waals surface area contributed by atoms with Gasteiger partial charge in [-0.05, 0) is 23.9 Å². The van der Waals surface area contributed by atoms with Crippen molar-refractivity contribution in [3.05, 3.63) is 42.0 Å². The van der Waals surface area contributed by atoms with Crippen molar-refractivity contribution in [2.75, 3.05) is 13.6 Å². The summed E-state index contributed by atoms with van der Waals surface area (Å²) >= 11 is 0. The normalized spacial score (nSPS) is 11.6. The van der Waals surface area contributed by atoms with E-state index >= 15 is 0 Å². The minimum atomic E-state index is -2.37. The lowest BCUT2D eigenvalue weighted by Crippen LogP contribution is -2.24. The number of nitrogens with zero attached hydrogens (tertiary/aromatic N) is 1. The lowest BCUT2D eigenvalue weighted by molar-refractivity contribution is 0.0973. The molecule has 0 bridgehead atoms. The van der Waals surface area contributed by atoms with E-state index in [2.05, 4.69) is 0 Å². The third kappa shape index (κ3) is 2.76. The zero-order chi connectivity index (χ0) is 13.1. The number of rotatable bonds is 4. The third-order valence-corrected chi connectivity index (χ3v) is 2.89. The summed E-state index contributed by atoms with van der Waals surface area (Å²) in [6, 6.07) is 11.0. The molecule has 18 heavy (non-hydrogen) atoms. The lowest BCUT2D eigenvalue weighted by Gasteiger charge is -2.18. The fourth-order valence-corrected chi connectivity index (χ4v) is 2.06. The molecular formula is C14H15F2NO. The van der Waals surface area contributed by atoms with Gasteiger partial charge in [0, 0.05) is 12.1 Å². The molecule has 0 saturated carbocycles. The number of benzene rings is 2. The summed E-state index contributed by atoms with van der Waals surface area (Å²) in [5.41, 5.74) is 0.691. The Kier molecular flexibility index (Phi) is 3.77. The predicted octanol–water partition coefficient (Wildman–Crippen LogP) is 3.24. The first kappa shape index (κ1) is 12.8. The first-order chi connectivity index (χ1) is 8.58. The van der Waals surface area contributed by atoms with Crippen LogP contribution >= 0.6 is 0 Å². The number of alkyl halides is 2. The van der Waals surface area contributed by atoms with Crippen LogP contribution < -0.4 is 0 Å². The standard InChI is InChI=1S/C14H15F2NO/c1-17(9-14(15)16)8-12-11-5-3-2-4-10(11)6-7-13(12)18/h2-7,14,18H,8-9H2,1H3. The van der Waals surface area contributed by atoms with Gasteiger partial charge in [0.25, 0.3) is 6.43 Å². The minimum Gasteiger partial charge on any atom is -0.508 e. The Morgan fingerprint density at radius 3 is 2.61 bits per heavy atom. The summed E-state index contributed by atoms with van der Waals surface area (Å²) in [7, 11) is 1.62. The van der Waals surface area contributed by atoms with Gasteiger partial charge in [-0.1, -0.05) is 30.3 Å². The van der Waals surface area contributed by atoms with Crippen LogP contribution in [0, 0.1) is 0 Å². The maximum atomic E-state index is 12.3. The van der Waals surface area contributed by atoms with Gasteiger partial charge in [-0.2, -0.15) is 0 Å². The smallest absolute Gasteiger partial charge is 0.251 e. The van der Waals surface area contributed by atoms with Crippen molar-refractivity contribution in [2.45, 2.75) is 13.0 Å². The SMILES string of the molecule is CN(Cc1c(O)ccc2ccccc12)CC(F)F. The summed E-state index contributed by atoms with van der Waals surface area (Å²) in [5.74, 6) is 0.148. The van der Waals surface area contributed by atoms with Gasteiger partial charge in [-0.25, -0.2) is 8.78 Å². The Balaban J connectivity index is 2.34. The maximum Gasteiger partial charge on any atom is 0.251 e. The molecule has 0 saturated heterocycles. The van der Waals surface area contributed by atoms with Crippen molar-refractivity contribution in [3.63, 3.8) is 0 Å². The molecule has 2 rings (SSSR count). The van der Waals surface area contributed by atoms with E-state index in [1.165, 1.54) is 4.90 Å². The first-order valence-corrected chi connectivity index (χ1v) is 5.74. The molecule has 0 aromatic heterocycles. The Labute approximate surface area is 104 Å². The van der Waals surface area contributed by atoms with Crippen LogP contribution in [0.25, 0.3) is 10.8 Å². The molecule has 0 amide bonds. The number of hydrogen-bond acceptors (Lipinski definition) is 2. The second-order valence-electron chi connectivity index (χ2n) is 4.37. The van der Waals surface area contributed by atoms with Gasteiger partial charge in [0.2, 0.25) is 0 Å². The quantitative estimate of drug-likeness (QED) is 0.901. The van der Waals surface area contributed by atoms with E-state index < -0.39 is 6.43 Å². The largest absolute Gasteiger partial charge is 0.508 e. The second-order valence-corrected chi connectivity index (χ2v) is 4.37. The molecule has 2 aromatic carbocycles. The van der Waals surface area contributed by atoms with Gasteiger partial charge in [-0.3, -0.25) is 4.90 Å². The van der Waals surface area contributed by atoms with Crippen molar-refractivity contribution in [1.29, 1.82) is 0 Å². The zero-order valence-electron chi connectivity index (χ0n) is 10.1. The third-order valence-electron chi connectivity index (χ3n) is 2.89. The van der Waals surface area contributed by atoms with E-state index in [0.717, 1.165) is 10.8 Å². The van der Waals surface area contributed by atoms with Crippen LogP contribution in [0.4, 0.5) is 8.78 Å². The van der Waals surface area contributed by atoms with Crippen LogP contribution in [0.2, 0.25) is 0 Å². The topological polar surface area (TPSA) is 23.5 Å². The Hall–Kier alpha value is -1.68. The van der Waals surface area contributed by atoms with Gasteiger partial charge in [0.15, 0.2) is 0 Å². The highest BCUT2D eigenvalue weighted by Crippen LogP contribution is 2.28. The van der Waals surface area contributed by atoms with Crippen molar-refractivity contribution < 1.29 is 13.9 Å². The van der Waals surface area contributed by atoms with Gasteiger partial charge < -0.3 is 5.11 Å². The highest BCUT2D eigenvalue weighted by Gasteiger charge is 2.12. The lowest BCUT2D eigenvalue weighted by atomic mass is 10.0. The average Bonchev–Trinajstić information content (AvgIpc) is 2.32. The summed E-state index contributed by atoms with van der Waals surface area (Å²) in [6.45, 7) is 0.000186.